The van der Waals surface area contributed by atoms with Crippen molar-refractivity contribution in [2.24, 2.45) is 11.7 Å². The highest BCUT2D eigenvalue weighted by Crippen LogP contribution is 2.37. The van der Waals surface area contributed by atoms with E-state index in [1.54, 1.807) is 0 Å². The topological polar surface area (TPSA) is 330 Å². The van der Waals surface area contributed by atoms with E-state index in [1.165, 1.54) is 6.92 Å². The van der Waals surface area contributed by atoms with Gasteiger partial charge in [-0.05, 0) is 25.8 Å². The number of amides is 1. The van der Waals surface area contributed by atoms with Crippen LogP contribution in [-0.2, 0) is 38.0 Å². The van der Waals surface area contributed by atoms with Crippen molar-refractivity contribution in [2.75, 3.05) is 33.0 Å². The van der Waals surface area contributed by atoms with Crippen LogP contribution in [0.15, 0.2) is 0 Å². The number of rotatable bonds is 17. The van der Waals surface area contributed by atoms with E-state index >= 15 is 0 Å². The van der Waals surface area contributed by atoms with Gasteiger partial charge >= 0.3 is 5.97 Å². The van der Waals surface area contributed by atoms with E-state index < -0.39 is 136 Å². The fourth-order valence-corrected chi connectivity index (χ4v) is 5.97. The Morgan fingerprint density at radius 1 is 0.959 bits per heavy atom. The fraction of sp³-hybridized carbons (Fsp3) is 0.931. The van der Waals surface area contributed by atoms with Crippen molar-refractivity contribution in [1.82, 2.24) is 5.32 Å². The Morgan fingerprint density at radius 2 is 1.63 bits per heavy atom. The number of carbonyl (C=O) groups excluding carboxylic acids is 1. The number of hydrogen-bond acceptors (Lipinski definition) is 18. The third-order valence-corrected chi connectivity index (χ3v) is 8.97. The molecule has 0 spiro atoms. The van der Waals surface area contributed by atoms with Gasteiger partial charge in [-0.1, -0.05) is 6.92 Å². The minimum atomic E-state index is -2.68. The Morgan fingerprint density at radius 3 is 2.22 bits per heavy atom. The van der Waals surface area contributed by atoms with Crippen LogP contribution in [-0.4, -0.2) is 187 Å². The zero-order chi connectivity index (χ0) is 36.6. The lowest BCUT2D eigenvalue weighted by atomic mass is 9.84. The average Bonchev–Trinajstić information content (AvgIpc) is 3.06. The predicted octanol–water partition coefficient (Wildman–Crippen LogP) is -5.79. The molecule has 3 heterocycles. The molecule has 49 heavy (non-hydrogen) atoms. The Kier molecular flexibility index (Phi) is 15.9. The Bertz CT molecular complexity index is 1050. The zero-order valence-corrected chi connectivity index (χ0v) is 27.3. The summed E-state index contributed by atoms with van der Waals surface area (Å²) in [5.74, 6) is -6.06. The molecule has 3 rings (SSSR count). The molecule has 0 aromatic carbocycles. The first-order valence-electron chi connectivity index (χ1n) is 16.2. The largest absolute Gasteiger partial charge is 0.477 e. The van der Waals surface area contributed by atoms with E-state index in [4.69, 9.17) is 34.2 Å². The molecule has 0 bridgehead atoms. The first-order valence-corrected chi connectivity index (χ1v) is 16.2. The Hall–Kier alpha value is -1.70. The van der Waals surface area contributed by atoms with Crippen molar-refractivity contribution < 1.29 is 89.1 Å². The molecule has 3 aliphatic heterocycles. The first kappa shape index (κ1) is 41.7. The van der Waals surface area contributed by atoms with Crippen molar-refractivity contribution >= 4 is 11.9 Å². The van der Waals surface area contributed by atoms with Crippen molar-refractivity contribution in [2.45, 2.75) is 131 Å². The smallest absolute Gasteiger partial charge is 0.364 e. The number of aliphatic hydroxyl groups is 9. The summed E-state index contributed by atoms with van der Waals surface area (Å²) in [5, 5.41) is 107. The molecule has 0 aliphatic carbocycles. The molecule has 0 aromatic rings. The number of unbranched alkanes of at least 4 members (excludes halogenated alkanes) is 2. The van der Waals surface area contributed by atoms with E-state index in [0.29, 0.717) is 13.0 Å². The Balaban J connectivity index is 1.83. The lowest BCUT2D eigenvalue weighted by Crippen LogP contribution is -2.68. The molecule has 20 nitrogen and oxygen atoms in total. The summed E-state index contributed by atoms with van der Waals surface area (Å²) >= 11 is 0. The predicted molar refractivity (Wildman–Crippen MR) is 160 cm³/mol. The summed E-state index contributed by atoms with van der Waals surface area (Å²) in [6.07, 6.45) is -20.1. The van der Waals surface area contributed by atoms with Gasteiger partial charge in [0.15, 0.2) is 12.6 Å². The SMILES string of the molecule is CC(=O)NC1[C@H](O[C@@H]2C(O)[C@H](OCCCCCN)OC(CO)[C@@H]2O)OC(CO[C@]2(C(=O)O)C[C@@H](O)[C@@H](C)C([C@H](O)[C@H](O)CO)O2)[C@@H](O)[C@@H]1O. The minimum Gasteiger partial charge on any atom is -0.477 e. The second kappa shape index (κ2) is 18.7. The van der Waals surface area contributed by atoms with Crippen LogP contribution in [0.25, 0.3) is 0 Å². The molecule has 3 fully saturated rings. The fourth-order valence-electron chi connectivity index (χ4n) is 5.97. The Labute approximate surface area is 282 Å². The maximum atomic E-state index is 12.5. The molecule has 16 atom stereocenters. The molecule has 1 amide bonds. The monoisotopic (exact) mass is 716 g/mol. The van der Waals surface area contributed by atoms with Crippen LogP contribution in [0.1, 0.15) is 39.5 Å². The van der Waals surface area contributed by atoms with Gasteiger partial charge in [0, 0.05) is 25.9 Å². The maximum Gasteiger partial charge on any atom is 0.364 e. The molecule has 5 unspecified atom stereocenters. The molecule has 0 saturated carbocycles. The molecule has 3 saturated heterocycles. The van der Waals surface area contributed by atoms with Gasteiger partial charge < -0.3 is 90.5 Å². The molecule has 3 aliphatic rings. The molecular formula is C29H52N2O18. The van der Waals surface area contributed by atoms with Gasteiger partial charge in [-0.15, -0.1) is 0 Å². The van der Waals surface area contributed by atoms with Crippen molar-refractivity contribution in [1.29, 1.82) is 0 Å². The summed E-state index contributed by atoms with van der Waals surface area (Å²) in [4.78, 5) is 24.5. The van der Waals surface area contributed by atoms with Gasteiger partial charge in [0.05, 0.1) is 32.0 Å². The first-order chi connectivity index (χ1) is 23.1. The lowest BCUT2D eigenvalue weighted by Gasteiger charge is -2.48. The highest BCUT2D eigenvalue weighted by Gasteiger charge is 2.56. The maximum absolute atomic E-state index is 12.5. The van der Waals surface area contributed by atoms with E-state index in [0.717, 1.165) is 19.8 Å². The summed E-state index contributed by atoms with van der Waals surface area (Å²) in [7, 11) is 0. The summed E-state index contributed by atoms with van der Waals surface area (Å²) < 4.78 is 34.0. The second-order valence-corrected chi connectivity index (χ2v) is 12.6. The van der Waals surface area contributed by atoms with E-state index in [-0.39, 0.29) is 6.61 Å². The summed E-state index contributed by atoms with van der Waals surface area (Å²) in [6.45, 7) is 0.632. The quantitative estimate of drug-likeness (QED) is 0.0624. The minimum absolute atomic E-state index is 0.124. The molecular weight excluding hydrogens is 664 g/mol. The number of ether oxygens (including phenoxy) is 6. The summed E-state index contributed by atoms with van der Waals surface area (Å²) in [6, 6.07) is -1.52. The van der Waals surface area contributed by atoms with Crippen LogP contribution < -0.4 is 11.1 Å². The molecule has 0 radical (unpaired) electrons. The number of carboxylic acid groups (broad SMARTS) is 1. The number of nitrogens with two attached hydrogens (primary N) is 1. The number of carboxylic acids is 1. The number of carbonyl (C=O) groups is 2. The molecule has 286 valence electrons. The number of aliphatic hydroxyl groups excluding tert-OH is 9. The van der Waals surface area contributed by atoms with Crippen LogP contribution >= 0.6 is 0 Å². The molecule has 20 heteroatoms. The van der Waals surface area contributed by atoms with E-state index in [2.05, 4.69) is 5.32 Å². The molecule has 0 aromatic heterocycles. The third-order valence-electron chi connectivity index (χ3n) is 8.97. The van der Waals surface area contributed by atoms with Crippen LogP contribution in [0.2, 0.25) is 0 Å². The summed E-state index contributed by atoms with van der Waals surface area (Å²) in [5.41, 5.74) is 5.50. The average molecular weight is 717 g/mol. The van der Waals surface area contributed by atoms with Gasteiger partial charge in [-0.25, -0.2) is 4.79 Å². The highest BCUT2D eigenvalue weighted by molar-refractivity contribution is 5.76. The van der Waals surface area contributed by atoms with Gasteiger partial charge in [-0.3, -0.25) is 4.79 Å². The van der Waals surface area contributed by atoms with Crippen molar-refractivity contribution in [3.05, 3.63) is 0 Å². The highest BCUT2D eigenvalue weighted by atomic mass is 16.8. The van der Waals surface area contributed by atoms with Crippen LogP contribution in [0.3, 0.4) is 0 Å². The normalized spacial score (nSPS) is 41.2. The van der Waals surface area contributed by atoms with Crippen LogP contribution in [0.5, 0.6) is 0 Å². The van der Waals surface area contributed by atoms with Gasteiger partial charge in [0.25, 0.3) is 5.79 Å². The van der Waals surface area contributed by atoms with Crippen LogP contribution in [0.4, 0.5) is 0 Å². The van der Waals surface area contributed by atoms with Crippen molar-refractivity contribution in [3.8, 4) is 0 Å². The number of aliphatic carboxylic acids is 1. The van der Waals surface area contributed by atoms with Gasteiger partial charge in [-0.2, -0.15) is 0 Å². The second-order valence-electron chi connectivity index (χ2n) is 12.6. The van der Waals surface area contributed by atoms with E-state index in [9.17, 15) is 60.7 Å². The lowest BCUT2D eigenvalue weighted by molar-refractivity contribution is -0.357. The number of hydrogen-bond donors (Lipinski definition) is 12. The van der Waals surface area contributed by atoms with E-state index in [1.807, 2.05) is 0 Å². The van der Waals surface area contributed by atoms with Gasteiger partial charge in [0.2, 0.25) is 5.91 Å². The van der Waals surface area contributed by atoms with Gasteiger partial charge in [0.1, 0.15) is 61.0 Å². The van der Waals surface area contributed by atoms with Crippen molar-refractivity contribution in [3.63, 3.8) is 0 Å². The number of nitrogens with one attached hydrogen (secondary N) is 1. The third kappa shape index (κ3) is 10.0. The standard InChI is InChI=1S/C29H52N2O18/c1-12-14(35)8-29(28(42)43,49-24(12)19(37)15(36)9-32)45-11-17-20(38)22(40)18(31-13(2)34)26(47-17)48-25-21(39)16(10-33)46-27(23(25)41)44-7-5-3-4-6-30/h12,14-27,32-33,35-41H,3-11,30H2,1-2H3,(H,31,34)(H,42,43)/t12-,14-,15-,16?,17?,18?,19-,20-,21+,22-,23?,24?,25+,26+,27-,29-/m1/s1. The van der Waals surface area contributed by atoms with Crippen LogP contribution in [0, 0.1) is 5.92 Å². The zero-order valence-electron chi connectivity index (χ0n) is 27.3. The molecule has 13 N–H and O–H groups in total.